The molecule has 1 saturated heterocycles. The molecule has 2 aromatic rings. The van der Waals surface area contributed by atoms with Crippen LogP contribution in [0.4, 0.5) is 0 Å². The molecule has 0 spiro atoms. The van der Waals surface area contributed by atoms with Gasteiger partial charge in [0.2, 0.25) is 5.88 Å². The van der Waals surface area contributed by atoms with E-state index in [0.717, 1.165) is 19.1 Å². The van der Waals surface area contributed by atoms with Crippen LogP contribution in [0.15, 0.2) is 42.6 Å². The molecule has 0 radical (unpaired) electrons. The van der Waals surface area contributed by atoms with E-state index in [4.69, 9.17) is 16.3 Å². The standard InChI is InChI=1S/C20H24ClN3O/c21-17-7-1-2-8-19(17)25-20-10-9-15(13-23-20)18-14-24(12-4-11-22-18)16-5-3-6-16/h1-2,7-10,13,16,18,22H,3-6,11-12,14H2. The molecule has 1 atom stereocenters. The highest BCUT2D eigenvalue weighted by atomic mass is 35.5. The third-order valence-electron chi connectivity index (χ3n) is 5.23. The molecule has 2 fully saturated rings. The van der Waals surface area contributed by atoms with E-state index in [1.807, 2.05) is 36.5 Å². The Morgan fingerprint density at radius 3 is 2.72 bits per heavy atom. The molecule has 1 aliphatic heterocycles. The van der Waals surface area contributed by atoms with E-state index >= 15 is 0 Å². The number of pyridine rings is 1. The number of aromatic nitrogens is 1. The van der Waals surface area contributed by atoms with Gasteiger partial charge in [0.15, 0.2) is 0 Å². The van der Waals surface area contributed by atoms with Crippen molar-refractivity contribution in [2.75, 3.05) is 19.6 Å². The Balaban J connectivity index is 1.44. The monoisotopic (exact) mass is 357 g/mol. The van der Waals surface area contributed by atoms with Gasteiger partial charge >= 0.3 is 0 Å². The van der Waals surface area contributed by atoms with E-state index in [1.54, 1.807) is 0 Å². The van der Waals surface area contributed by atoms with Crippen LogP contribution in [0.2, 0.25) is 5.02 Å². The molecule has 5 heteroatoms. The largest absolute Gasteiger partial charge is 0.437 e. The summed E-state index contributed by atoms with van der Waals surface area (Å²) in [6.45, 7) is 3.33. The highest BCUT2D eigenvalue weighted by molar-refractivity contribution is 6.32. The molecular weight excluding hydrogens is 334 g/mol. The number of hydrogen-bond donors (Lipinski definition) is 1. The lowest BCUT2D eigenvalue weighted by molar-refractivity contribution is 0.125. The fourth-order valence-electron chi connectivity index (χ4n) is 3.55. The van der Waals surface area contributed by atoms with E-state index in [1.165, 1.54) is 37.8 Å². The quantitative estimate of drug-likeness (QED) is 0.879. The van der Waals surface area contributed by atoms with E-state index in [9.17, 15) is 0 Å². The van der Waals surface area contributed by atoms with Gasteiger partial charge < -0.3 is 10.1 Å². The molecule has 1 aliphatic carbocycles. The molecule has 25 heavy (non-hydrogen) atoms. The minimum atomic E-state index is 0.338. The second kappa shape index (κ2) is 7.73. The van der Waals surface area contributed by atoms with Crippen molar-refractivity contribution in [1.82, 2.24) is 15.2 Å². The molecule has 1 aromatic carbocycles. The number of ether oxygens (including phenoxy) is 1. The highest BCUT2D eigenvalue weighted by Gasteiger charge is 2.28. The Morgan fingerprint density at radius 2 is 2.00 bits per heavy atom. The van der Waals surface area contributed by atoms with E-state index < -0.39 is 0 Å². The van der Waals surface area contributed by atoms with Crippen molar-refractivity contribution in [3.05, 3.63) is 53.2 Å². The van der Waals surface area contributed by atoms with Crippen LogP contribution in [0.1, 0.15) is 37.3 Å². The van der Waals surface area contributed by atoms with Gasteiger partial charge in [-0.15, -0.1) is 0 Å². The van der Waals surface area contributed by atoms with Gasteiger partial charge in [-0.1, -0.05) is 36.2 Å². The Bertz CT molecular complexity index is 702. The van der Waals surface area contributed by atoms with Gasteiger partial charge in [-0.25, -0.2) is 4.98 Å². The Kier molecular flexibility index (Phi) is 5.20. The maximum Gasteiger partial charge on any atom is 0.219 e. The second-order valence-electron chi connectivity index (χ2n) is 6.90. The third-order valence-corrected chi connectivity index (χ3v) is 5.55. The smallest absolute Gasteiger partial charge is 0.219 e. The maximum absolute atomic E-state index is 6.14. The molecule has 2 aliphatic rings. The molecule has 1 saturated carbocycles. The summed E-state index contributed by atoms with van der Waals surface area (Å²) in [6.07, 6.45) is 7.24. The number of nitrogens with zero attached hydrogens (tertiary/aromatic N) is 2. The summed E-state index contributed by atoms with van der Waals surface area (Å²) in [6, 6.07) is 12.6. The lowest BCUT2D eigenvalue weighted by atomic mass is 9.91. The molecule has 1 unspecified atom stereocenters. The average molecular weight is 358 g/mol. The first kappa shape index (κ1) is 16.8. The van der Waals surface area contributed by atoms with Crippen LogP contribution < -0.4 is 10.1 Å². The molecule has 0 amide bonds. The summed E-state index contributed by atoms with van der Waals surface area (Å²) in [5.74, 6) is 1.20. The minimum absolute atomic E-state index is 0.338. The SMILES string of the molecule is Clc1ccccc1Oc1ccc(C2CN(C3CCC3)CCCN2)cn1. The number of para-hydroxylation sites is 1. The van der Waals surface area contributed by atoms with Crippen molar-refractivity contribution in [3.8, 4) is 11.6 Å². The van der Waals surface area contributed by atoms with Gasteiger partial charge in [0, 0.05) is 30.9 Å². The van der Waals surface area contributed by atoms with Crippen LogP contribution in [0, 0.1) is 0 Å². The number of benzene rings is 1. The van der Waals surface area contributed by atoms with Gasteiger partial charge in [-0.05, 0) is 50.0 Å². The zero-order valence-electron chi connectivity index (χ0n) is 14.3. The molecule has 4 rings (SSSR count). The first-order chi connectivity index (χ1) is 12.3. The van der Waals surface area contributed by atoms with Crippen LogP contribution in [0.3, 0.4) is 0 Å². The fraction of sp³-hybridized carbons (Fsp3) is 0.450. The summed E-state index contributed by atoms with van der Waals surface area (Å²) in [5, 5.41) is 4.26. The van der Waals surface area contributed by atoms with Gasteiger partial charge in [-0.2, -0.15) is 0 Å². The Hall–Kier alpha value is -1.62. The molecule has 1 N–H and O–H groups in total. The number of hydrogen-bond acceptors (Lipinski definition) is 4. The fourth-order valence-corrected chi connectivity index (χ4v) is 3.73. The third kappa shape index (κ3) is 3.97. The van der Waals surface area contributed by atoms with Crippen molar-refractivity contribution < 1.29 is 4.74 Å². The first-order valence-corrected chi connectivity index (χ1v) is 9.53. The van der Waals surface area contributed by atoms with Crippen molar-refractivity contribution in [3.63, 3.8) is 0 Å². The summed E-state index contributed by atoms with van der Waals surface area (Å²) in [7, 11) is 0. The van der Waals surface area contributed by atoms with Crippen LogP contribution in [0.5, 0.6) is 11.6 Å². The van der Waals surface area contributed by atoms with Gasteiger partial charge in [-0.3, -0.25) is 4.90 Å². The number of halogens is 1. The van der Waals surface area contributed by atoms with Crippen molar-refractivity contribution in [1.29, 1.82) is 0 Å². The molecule has 4 nitrogen and oxygen atoms in total. The van der Waals surface area contributed by atoms with E-state index in [2.05, 4.69) is 21.3 Å². The predicted molar refractivity (Wildman–Crippen MR) is 100 cm³/mol. The normalized spacial score (nSPS) is 22.2. The topological polar surface area (TPSA) is 37.4 Å². The summed E-state index contributed by atoms with van der Waals surface area (Å²) in [5.41, 5.74) is 1.22. The van der Waals surface area contributed by atoms with Crippen molar-refractivity contribution in [2.24, 2.45) is 0 Å². The van der Waals surface area contributed by atoms with Crippen LogP contribution in [-0.2, 0) is 0 Å². The molecule has 2 heterocycles. The lowest BCUT2D eigenvalue weighted by Gasteiger charge is -2.38. The predicted octanol–water partition coefficient (Wildman–Crippen LogP) is 4.42. The number of nitrogens with one attached hydrogen (secondary N) is 1. The Morgan fingerprint density at radius 1 is 1.12 bits per heavy atom. The van der Waals surface area contributed by atoms with Gasteiger partial charge in [0.1, 0.15) is 5.75 Å². The molecule has 132 valence electrons. The minimum Gasteiger partial charge on any atom is -0.437 e. The van der Waals surface area contributed by atoms with E-state index in [-0.39, 0.29) is 0 Å². The highest BCUT2D eigenvalue weighted by Crippen LogP contribution is 2.30. The van der Waals surface area contributed by atoms with Crippen molar-refractivity contribution >= 4 is 11.6 Å². The van der Waals surface area contributed by atoms with Crippen LogP contribution in [0.25, 0.3) is 0 Å². The zero-order valence-corrected chi connectivity index (χ0v) is 15.1. The molecule has 1 aromatic heterocycles. The molecular formula is C20H24ClN3O. The maximum atomic E-state index is 6.14. The first-order valence-electron chi connectivity index (χ1n) is 9.15. The van der Waals surface area contributed by atoms with Gasteiger partial charge in [0.05, 0.1) is 5.02 Å². The van der Waals surface area contributed by atoms with Crippen LogP contribution in [-0.4, -0.2) is 35.6 Å². The Labute approximate surface area is 154 Å². The summed E-state index contributed by atoms with van der Waals surface area (Å²) >= 11 is 6.14. The summed E-state index contributed by atoms with van der Waals surface area (Å²) in [4.78, 5) is 7.14. The lowest BCUT2D eigenvalue weighted by Crippen LogP contribution is -2.42. The summed E-state index contributed by atoms with van der Waals surface area (Å²) < 4.78 is 5.79. The zero-order chi connectivity index (χ0) is 17.1. The second-order valence-corrected chi connectivity index (χ2v) is 7.31. The van der Waals surface area contributed by atoms with E-state index in [0.29, 0.717) is 22.7 Å². The van der Waals surface area contributed by atoms with Gasteiger partial charge in [0.25, 0.3) is 0 Å². The average Bonchev–Trinajstić information content (AvgIpc) is 2.82. The number of rotatable bonds is 4. The molecule has 0 bridgehead atoms. The van der Waals surface area contributed by atoms with Crippen LogP contribution >= 0.6 is 11.6 Å². The van der Waals surface area contributed by atoms with Crippen molar-refractivity contribution in [2.45, 2.75) is 37.8 Å².